The summed E-state index contributed by atoms with van der Waals surface area (Å²) in [4.78, 5) is 26.8. The van der Waals surface area contributed by atoms with Gasteiger partial charge in [-0.25, -0.2) is 4.79 Å². The number of carbonyl (C=O) groups is 1. The summed E-state index contributed by atoms with van der Waals surface area (Å²) in [6, 6.07) is 14.0. The Labute approximate surface area is 152 Å². The monoisotopic (exact) mass is 350 g/mol. The van der Waals surface area contributed by atoms with Gasteiger partial charge in [-0.1, -0.05) is 30.3 Å². The zero-order valence-corrected chi connectivity index (χ0v) is 14.9. The van der Waals surface area contributed by atoms with Gasteiger partial charge in [0.2, 0.25) is 0 Å². The van der Waals surface area contributed by atoms with Gasteiger partial charge in [0.25, 0.3) is 5.91 Å². The van der Waals surface area contributed by atoms with Crippen LogP contribution in [0.25, 0.3) is 0 Å². The van der Waals surface area contributed by atoms with E-state index in [-0.39, 0.29) is 17.4 Å². The first-order chi connectivity index (χ1) is 12.6. The number of likely N-dealkylation sites (tertiary alicyclic amines) is 1. The van der Waals surface area contributed by atoms with Gasteiger partial charge in [0.1, 0.15) is 11.3 Å². The Morgan fingerprint density at radius 3 is 2.77 bits per heavy atom. The van der Waals surface area contributed by atoms with Crippen molar-refractivity contribution in [1.82, 2.24) is 4.90 Å². The van der Waals surface area contributed by atoms with Crippen LogP contribution in [-0.2, 0) is 12.8 Å². The third-order valence-corrected chi connectivity index (χ3v) is 4.81. The molecule has 0 N–H and O–H groups in total. The van der Waals surface area contributed by atoms with Crippen LogP contribution in [0.2, 0.25) is 0 Å². The van der Waals surface area contributed by atoms with Crippen molar-refractivity contribution >= 4 is 5.91 Å². The van der Waals surface area contributed by atoms with Gasteiger partial charge in [-0.05, 0) is 43.4 Å². The Balaban J connectivity index is 1.76. The summed E-state index contributed by atoms with van der Waals surface area (Å²) < 4.78 is 5.41. The molecule has 0 spiro atoms. The van der Waals surface area contributed by atoms with Crippen molar-refractivity contribution in [2.75, 3.05) is 13.1 Å². The second-order valence-electron chi connectivity index (χ2n) is 6.76. The highest BCUT2D eigenvalue weighted by Gasteiger charge is 2.27. The number of hydrogen-bond acceptors (Lipinski definition) is 4. The van der Waals surface area contributed by atoms with Gasteiger partial charge < -0.3 is 9.32 Å². The van der Waals surface area contributed by atoms with E-state index in [1.807, 2.05) is 30.3 Å². The van der Waals surface area contributed by atoms with Gasteiger partial charge >= 0.3 is 5.63 Å². The Morgan fingerprint density at radius 1 is 1.31 bits per heavy atom. The highest BCUT2D eigenvalue weighted by atomic mass is 16.4. The lowest BCUT2D eigenvalue weighted by atomic mass is 9.98. The fourth-order valence-corrected chi connectivity index (χ4v) is 3.39. The molecule has 0 bridgehead atoms. The lowest BCUT2D eigenvalue weighted by Crippen LogP contribution is -2.41. The Kier molecular flexibility index (Phi) is 5.52. The van der Waals surface area contributed by atoms with Crippen molar-refractivity contribution in [3.8, 4) is 6.07 Å². The second kappa shape index (κ2) is 8.01. The Morgan fingerprint density at radius 2 is 2.08 bits per heavy atom. The molecule has 0 saturated carbocycles. The third kappa shape index (κ3) is 4.02. The summed E-state index contributed by atoms with van der Waals surface area (Å²) in [6.07, 6.45) is 2.96. The normalized spacial score (nSPS) is 16.9. The largest absolute Gasteiger partial charge is 0.427 e. The molecule has 1 atom stereocenters. The highest BCUT2D eigenvalue weighted by molar-refractivity contribution is 5.95. The summed E-state index contributed by atoms with van der Waals surface area (Å²) >= 11 is 0. The molecule has 0 aliphatic carbocycles. The van der Waals surface area contributed by atoms with Gasteiger partial charge in [-0.3, -0.25) is 4.79 Å². The number of carbonyl (C=O) groups excluding carboxylic acids is 1. The summed E-state index contributed by atoms with van der Waals surface area (Å²) in [5.74, 6) is 0.0949. The molecule has 1 aromatic heterocycles. The standard InChI is InChI=1S/C21H22N2O3/c1-15-12-18(10-9-16-6-3-2-4-7-16)26-21(25)19(15)20(24)23-11-5-8-17(13-22)14-23/h2-4,6-7,12,17H,5,8-11,14H2,1H3. The first-order valence-corrected chi connectivity index (χ1v) is 8.95. The number of hydrogen-bond donors (Lipinski definition) is 0. The fourth-order valence-electron chi connectivity index (χ4n) is 3.39. The number of piperidine rings is 1. The van der Waals surface area contributed by atoms with Crippen molar-refractivity contribution in [2.45, 2.75) is 32.6 Å². The summed E-state index contributed by atoms with van der Waals surface area (Å²) in [7, 11) is 0. The highest BCUT2D eigenvalue weighted by Crippen LogP contribution is 2.19. The van der Waals surface area contributed by atoms with E-state index in [4.69, 9.17) is 9.68 Å². The van der Waals surface area contributed by atoms with E-state index >= 15 is 0 Å². The molecule has 1 fully saturated rings. The molecular weight excluding hydrogens is 328 g/mol. The smallest absolute Gasteiger partial charge is 0.349 e. The third-order valence-electron chi connectivity index (χ3n) is 4.81. The molecule has 26 heavy (non-hydrogen) atoms. The van der Waals surface area contributed by atoms with E-state index < -0.39 is 5.63 Å². The van der Waals surface area contributed by atoms with E-state index in [2.05, 4.69) is 6.07 Å². The van der Waals surface area contributed by atoms with Crippen LogP contribution in [-0.4, -0.2) is 23.9 Å². The van der Waals surface area contributed by atoms with Crippen LogP contribution in [0.3, 0.4) is 0 Å². The van der Waals surface area contributed by atoms with E-state index in [9.17, 15) is 9.59 Å². The van der Waals surface area contributed by atoms with E-state index in [0.717, 1.165) is 19.3 Å². The van der Waals surface area contributed by atoms with E-state index in [1.165, 1.54) is 5.56 Å². The van der Waals surface area contributed by atoms with Crippen LogP contribution >= 0.6 is 0 Å². The first kappa shape index (κ1) is 17.9. The van der Waals surface area contributed by atoms with Crippen molar-refractivity contribution in [1.29, 1.82) is 5.26 Å². The average Bonchev–Trinajstić information content (AvgIpc) is 2.66. The average molecular weight is 350 g/mol. The quantitative estimate of drug-likeness (QED) is 0.849. The van der Waals surface area contributed by atoms with Gasteiger partial charge in [0.05, 0.1) is 12.0 Å². The minimum Gasteiger partial charge on any atom is -0.427 e. The molecular formula is C21H22N2O3. The molecule has 0 radical (unpaired) electrons. The molecule has 1 saturated heterocycles. The molecule has 1 aliphatic rings. The molecule has 3 rings (SSSR count). The van der Waals surface area contributed by atoms with Gasteiger partial charge in [0, 0.05) is 19.5 Å². The first-order valence-electron chi connectivity index (χ1n) is 8.95. The Hall–Kier alpha value is -2.87. The van der Waals surface area contributed by atoms with Crippen molar-refractivity contribution in [3.63, 3.8) is 0 Å². The van der Waals surface area contributed by atoms with Crippen LogP contribution < -0.4 is 5.63 Å². The topological polar surface area (TPSA) is 74.3 Å². The van der Waals surface area contributed by atoms with E-state index in [1.54, 1.807) is 17.9 Å². The maximum Gasteiger partial charge on any atom is 0.349 e. The van der Waals surface area contributed by atoms with Crippen LogP contribution in [0.15, 0.2) is 45.6 Å². The lowest BCUT2D eigenvalue weighted by Gasteiger charge is -2.29. The SMILES string of the molecule is Cc1cc(CCc2ccccc2)oc(=O)c1C(=O)N1CCCC(C#N)C1. The molecule has 5 nitrogen and oxygen atoms in total. The molecule has 1 aromatic carbocycles. The number of amides is 1. The molecule has 134 valence electrons. The molecule has 2 aromatic rings. The summed E-state index contributed by atoms with van der Waals surface area (Å²) in [5.41, 5.74) is 1.31. The molecule has 5 heteroatoms. The number of nitriles is 1. The summed E-state index contributed by atoms with van der Waals surface area (Å²) in [6.45, 7) is 2.72. The summed E-state index contributed by atoms with van der Waals surface area (Å²) in [5, 5.41) is 9.09. The van der Waals surface area contributed by atoms with Gasteiger partial charge in [-0.15, -0.1) is 0 Å². The number of rotatable bonds is 4. The van der Waals surface area contributed by atoms with Crippen LogP contribution in [0, 0.1) is 24.2 Å². The number of benzene rings is 1. The maximum absolute atomic E-state index is 12.8. The molecule has 1 aliphatic heterocycles. The van der Waals surface area contributed by atoms with Crippen LogP contribution in [0.4, 0.5) is 0 Å². The molecule has 1 unspecified atom stereocenters. The van der Waals surface area contributed by atoms with Crippen molar-refractivity contribution in [2.24, 2.45) is 5.92 Å². The molecule has 2 heterocycles. The fraction of sp³-hybridized carbons (Fsp3) is 0.381. The second-order valence-corrected chi connectivity index (χ2v) is 6.76. The van der Waals surface area contributed by atoms with Crippen molar-refractivity contribution in [3.05, 3.63) is 69.3 Å². The van der Waals surface area contributed by atoms with Gasteiger partial charge in [-0.2, -0.15) is 5.26 Å². The minimum atomic E-state index is -0.586. The molecule has 1 amide bonds. The van der Waals surface area contributed by atoms with Gasteiger partial charge in [0.15, 0.2) is 0 Å². The van der Waals surface area contributed by atoms with E-state index in [0.29, 0.717) is 30.8 Å². The zero-order chi connectivity index (χ0) is 18.5. The predicted octanol–water partition coefficient (Wildman–Crippen LogP) is 3.11. The van der Waals surface area contributed by atoms with Crippen molar-refractivity contribution < 1.29 is 9.21 Å². The number of nitrogens with zero attached hydrogens (tertiary/aromatic N) is 2. The lowest BCUT2D eigenvalue weighted by molar-refractivity contribution is 0.0693. The zero-order valence-electron chi connectivity index (χ0n) is 14.9. The predicted molar refractivity (Wildman–Crippen MR) is 97.8 cm³/mol. The maximum atomic E-state index is 12.8. The van der Waals surface area contributed by atoms with Crippen LogP contribution in [0.1, 0.15) is 40.1 Å². The number of aryl methyl sites for hydroxylation is 3. The Bertz CT molecular complexity index is 880. The van der Waals surface area contributed by atoms with Crippen LogP contribution in [0.5, 0.6) is 0 Å². The minimum absolute atomic E-state index is 0.0899.